The lowest BCUT2D eigenvalue weighted by atomic mass is 9.69. The third-order valence-electron chi connectivity index (χ3n) is 6.94. The van der Waals surface area contributed by atoms with E-state index in [0.717, 1.165) is 18.4 Å². The number of carbonyl (C=O) groups is 3. The number of allylic oxidation sites excluding steroid dienone is 5. The fourth-order valence-electron chi connectivity index (χ4n) is 4.58. The highest BCUT2D eigenvalue weighted by Crippen LogP contribution is 2.46. The molecule has 4 N–H and O–H groups in total. The lowest BCUT2D eigenvalue weighted by molar-refractivity contribution is -0.127. The molecule has 0 spiro atoms. The summed E-state index contributed by atoms with van der Waals surface area (Å²) in [5.74, 6) is -3.75. The minimum atomic E-state index is -1.55. The van der Waals surface area contributed by atoms with E-state index < -0.39 is 52.0 Å². The maximum Gasteiger partial charge on any atom is 0.183 e. The van der Waals surface area contributed by atoms with E-state index in [9.17, 15) is 34.8 Å². The van der Waals surface area contributed by atoms with Crippen LogP contribution in [-0.4, -0.2) is 44.9 Å². The summed E-state index contributed by atoms with van der Waals surface area (Å²) in [7, 11) is 1.31. The summed E-state index contributed by atoms with van der Waals surface area (Å²) >= 11 is 0. The third kappa shape index (κ3) is 6.11. The quantitative estimate of drug-likeness (QED) is 0.100. The van der Waals surface area contributed by atoms with Crippen LogP contribution < -0.4 is 4.74 Å². The number of phenols is 2. The number of methoxy groups -OCH3 is 1. The van der Waals surface area contributed by atoms with Gasteiger partial charge < -0.3 is 25.2 Å². The second kappa shape index (κ2) is 12.8. The minimum absolute atomic E-state index is 0.00533. The van der Waals surface area contributed by atoms with Crippen LogP contribution in [0.5, 0.6) is 17.2 Å². The number of benzene rings is 1. The molecule has 1 aromatic carbocycles. The Bertz CT molecular complexity index is 1200. The summed E-state index contributed by atoms with van der Waals surface area (Å²) in [4.78, 5) is 39.4. The van der Waals surface area contributed by atoms with Crippen molar-refractivity contribution in [1.82, 2.24) is 0 Å². The van der Waals surface area contributed by atoms with Crippen molar-refractivity contribution in [3.05, 3.63) is 51.5 Å². The molecule has 8 heteroatoms. The van der Waals surface area contributed by atoms with Crippen LogP contribution in [-0.2, 0) is 16.0 Å². The van der Waals surface area contributed by atoms with Gasteiger partial charge in [0.05, 0.1) is 12.5 Å². The molecule has 0 saturated carbocycles. The first-order valence-corrected chi connectivity index (χ1v) is 13.1. The molecule has 0 bridgehead atoms. The lowest BCUT2D eigenvalue weighted by Crippen LogP contribution is -2.39. The molecule has 0 aromatic heterocycles. The summed E-state index contributed by atoms with van der Waals surface area (Å²) in [5.41, 5.74) is -1.49. The smallest absolute Gasteiger partial charge is 0.183 e. The number of hydrogen-bond acceptors (Lipinski definition) is 8. The van der Waals surface area contributed by atoms with Crippen LogP contribution in [0.3, 0.4) is 0 Å². The molecular formula is C30H40O8. The topological polar surface area (TPSA) is 141 Å². The average molecular weight is 529 g/mol. The summed E-state index contributed by atoms with van der Waals surface area (Å²) in [6.07, 6.45) is 4.35. The Morgan fingerprint density at radius 1 is 1.00 bits per heavy atom. The number of aliphatic hydroxyl groups excluding tert-OH is 2. The molecule has 0 heterocycles. The Hall–Kier alpha value is -3.55. The van der Waals surface area contributed by atoms with Crippen LogP contribution >= 0.6 is 0 Å². The monoisotopic (exact) mass is 528 g/mol. The molecule has 8 nitrogen and oxygen atoms in total. The van der Waals surface area contributed by atoms with Crippen LogP contribution in [0.25, 0.3) is 0 Å². The van der Waals surface area contributed by atoms with Gasteiger partial charge >= 0.3 is 0 Å². The molecule has 0 saturated heterocycles. The van der Waals surface area contributed by atoms with Gasteiger partial charge in [0.2, 0.25) is 0 Å². The second-order valence-corrected chi connectivity index (χ2v) is 10.2. The van der Waals surface area contributed by atoms with Gasteiger partial charge in [-0.2, -0.15) is 0 Å². The van der Waals surface area contributed by atoms with Crippen molar-refractivity contribution in [1.29, 1.82) is 0 Å². The first-order valence-electron chi connectivity index (χ1n) is 13.1. The number of aliphatic hydroxyl groups is 2. The number of hydrogen-bond donors (Lipinski definition) is 4. The molecule has 2 rings (SSSR count). The van der Waals surface area contributed by atoms with Crippen LogP contribution in [0, 0.1) is 5.41 Å². The van der Waals surface area contributed by atoms with Crippen LogP contribution in [0.4, 0.5) is 0 Å². The Morgan fingerprint density at radius 3 is 2.21 bits per heavy atom. The van der Waals surface area contributed by atoms with E-state index >= 15 is 0 Å². The number of ketones is 3. The third-order valence-corrected chi connectivity index (χ3v) is 6.94. The van der Waals surface area contributed by atoms with Gasteiger partial charge in [0.25, 0.3) is 0 Å². The van der Waals surface area contributed by atoms with Gasteiger partial charge in [-0.05, 0) is 40.0 Å². The van der Waals surface area contributed by atoms with Crippen molar-refractivity contribution in [3.8, 4) is 17.2 Å². The Labute approximate surface area is 224 Å². The number of Topliss-reactive ketones (excluding diaryl/α,β-unsaturated/α-hetero) is 3. The van der Waals surface area contributed by atoms with E-state index in [1.165, 1.54) is 20.1 Å². The second-order valence-electron chi connectivity index (χ2n) is 10.2. The highest BCUT2D eigenvalue weighted by molar-refractivity contribution is 6.24. The molecule has 0 amide bonds. The van der Waals surface area contributed by atoms with Crippen molar-refractivity contribution in [2.45, 2.75) is 86.0 Å². The van der Waals surface area contributed by atoms with Gasteiger partial charge in [0.15, 0.2) is 17.3 Å². The van der Waals surface area contributed by atoms with Crippen LogP contribution in [0.1, 0.15) is 95.5 Å². The average Bonchev–Trinajstić information content (AvgIpc) is 2.85. The number of aromatic hydroxyl groups is 2. The van der Waals surface area contributed by atoms with E-state index in [1.54, 1.807) is 13.0 Å². The number of carbonyl (C=O) groups excluding carboxylic acids is 3. The Morgan fingerprint density at radius 2 is 1.66 bits per heavy atom. The van der Waals surface area contributed by atoms with Crippen molar-refractivity contribution in [3.63, 3.8) is 0 Å². The van der Waals surface area contributed by atoms with Gasteiger partial charge in [0, 0.05) is 36.5 Å². The van der Waals surface area contributed by atoms with E-state index in [2.05, 4.69) is 0 Å². The van der Waals surface area contributed by atoms with Crippen LogP contribution in [0.15, 0.2) is 40.4 Å². The van der Waals surface area contributed by atoms with E-state index in [0.29, 0.717) is 12.8 Å². The van der Waals surface area contributed by atoms with E-state index in [-0.39, 0.29) is 47.5 Å². The number of phenolic OH excluding ortho intramolecular Hbond substituents is 2. The molecule has 208 valence electrons. The van der Waals surface area contributed by atoms with Crippen LogP contribution in [0.2, 0.25) is 0 Å². The molecule has 1 atom stereocenters. The van der Waals surface area contributed by atoms with Crippen molar-refractivity contribution in [2.75, 3.05) is 7.11 Å². The largest absolute Gasteiger partial charge is 0.511 e. The zero-order chi connectivity index (χ0) is 28.8. The molecule has 0 fully saturated rings. The predicted molar refractivity (Wildman–Crippen MR) is 145 cm³/mol. The van der Waals surface area contributed by atoms with Gasteiger partial charge in [-0.25, -0.2) is 0 Å². The van der Waals surface area contributed by atoms with E-state index in [4.69, 9.17) is 4.74 Å². The van der Waals surface area contributed by atoms with Crippen molar-refractivity contribution >= 4 is 17.3 Å². The van der Waals surface area contributed by atoms with Gasteiger partial charge in [0.1, 0.15) is 39.9 Å². The van der Waals surface area contributed by atoms with E-state index in [1.807, 2.05) is 20.8 Å². The molecule has 0 aliphatic heterocycles. The Balaban J connectivity index is 2.75. The van der Waals surface area contributed by atoms with Crippen molar-refractivity contribution < 1.29 is 39.5 Å². The standard InChI is InChI=1S/C30H40O8/c1-7-9-10-12-21(32)24-23(38-6)16-22(33)18(26(24)34)15-19-27(35)25(20(31)11-8-2)29(37)30(5,28(19)36)14-13-17(3)4/h13,16,33-36H,7-12,14-15H2,1-6H3/t30-/m1/s1. The minimum Gasteiger partial charge on any atom is -0.511 e. The zero-order valence-electron chi connectivity index (χ0n) is 23.2. The highest BCUT2D eigenvalue weighted by atomic mass is 16.5. The number of unbranched alkanes of at least 4 members (excludes halogenated alkanes) is 2. The summed E-state index contributed by atoms with van der Waals surface area (Å²) in [6.45, 7) is 8.93. The first-order chi connectivity index (χ1) is 17.8. The SMILES string of the molecule is CCCCCC(=O)c1c(OC)cc(O)c(CC2=C(O)[C@@](C)(CC=C(C)C)C(=O)C(C(=O)CCC)=C2O)c1O. The van der Waals surface area contributed by atoms with Gasteiger partial charge in [-0.1, -0.05) is 38.3 Å². The first kappa shape index (κ1) is 30.7. The number of ether oxygens (including phenoxy) is 1. The van der Waals surface area contributed by atoms with Crippen molar-refractivity contribution in [2.24, 2.45) is 5.41 Å². The fourth-order valence-corrected chi connectivity index (χ4v) is 4.58. The summed E-state index contributed by atoms with van der Waals surface area (Å²) < 4.78 is 5.24. The maximum atomic E-state index is 13.5. The molecule has 1 aliphatic rings. The molecule has 1 aliphatic carbocycles. The summed E-state index contributed by atoms with van der Waals surface area (Å²) in [5, 5.41) is 44.3. The fraction of sp³-hybridized carbons (Fsp3) is 0.500. The maximum absolute atomic E-state index is 13.5. The zero-order valence-corrected chi connectivity index (χ0v) is 23.2. The van der Waals surface area contributed by atoms with Gasteiger partial charge in [-0.3, -0.25) is 14.4 Å². The normalized spacial score (nSPS) is 17.6. The molecule has 0 radical (unpaired) electrons. The van der Waals surface area contributed by atoms with Gasteiger partial charge in [-0.15, -0.1) is 0 Å². The molecule has 1 aromatic rings. The molecule has 0 unspecified atom stereocenters. The highest BCUT2D eigenvalue weighted by Gasteiger charge is 2.47. The Kier molecular flexibility index (Phi) is 10.3. The molecule has 38 heavy (non-hydrogen) atoms. The predicted octanol–water partition coefficient (Wildman–Crippen LogP) is 6.35. The lowest BCUT2D eigenvalue weighted by Gasteiger charge is -2.33. The molecular weight excluding hydrogens is 488 g/mol. The number of rotatable bonds is 13. The summed E-state index contributed by atoms with van der Waals surface area (Å²) in [6, 6.07) is 1.19.